The lowest BCUT2D eigenvalue weighted by Gasteiger charge is -2.30. The van der Waals surface area contributed by atoms with E-state index in [4.69, 9.17) is 0 Å². The summed E-state index contributed by atoms with van der Waals surface area (Å²) in [5, 5.41) is 19.3. The van der Waals surface area contributed by atoms with Crippen LogP contribution in [0.2, 0.25) is 0 Å². The minimum Gasteiger partial charge on any atom is -0.330 e. The molecule has 1 unspecified atom stereocenters. The van der Waals surface area contributed by atoms with Crippen molar-refractivity contribution in [1.29, 1.82) is 0 Å². The molecule has 2 aromatic heterocycles. The van der Waals surface area contributed by atoms with Crippen LogP contribution >= 0.6 is 0 Å². The third kappa shape index (κ3) is 3.78. The summed E-state index contributed by atoms with van der Waals surface area (Å²) >= 11 is 0. The highest BCUT2D eigenvalue weighted by molar-refractivity contribution is 5.93. The lowest BCUT2D eigenvalue weighted by atomic mass is 10.0. The molecule has 0 N–H and O–H groups in total. The van der Waals surface area contributed by atoms with Crippen molar-refractivity contribution in [3.8, 4) is 5.69 Å². The number of carbonyl (C=O) groups is 1. The first-order chi connectivity index (χ1) is 14.6. The van der Waals surface area contributed by atoms with Gasteiger partial charge in [-0.15, -0.1) is 5.10 Å². The largest absolute Gasteiger partial charge is 0.330 e. The topological polar surface area (TPSA) is 107 Å². The maximum Gasteiger partial charge on any atom is 0.276 e. The number of carbonyl (C=O) groups excluding carboxylic acids is 1. The van der Waals surface area contributed by atoms with E-state index in [0.29, 0.717) is 17.9 Å². The fraction of sp³-hybridized carbons (Fsp3) is 0.333. The molecule has 30 heavy (non-hydrogen) atoms. The minimum absolute atomic E-state index is 0.0367. The molecule has 9 nitrogen and oxygen atoms in total. The second-order valence-corrected chi connectivity index (χ2v) is 7.36. The van der Waals surface area contributed by atoms with Gasteiger partial charge in [-0.2, -0.15) is 0 Å². The van der Waals surface area contributed by atoms with Gasteiger partial charge >= 0.3 is 0 Å². The average molecular weight is 406 g/mol. The van der Waals surface area contributed by atoms with Gasteiger partial charge in [0, 0.05) is 31.1 Å². The summed E-state index contributed by atoms with van der Waals surface area (Å²) in [4.78, 5) is 30.0. The number of hydrogen-bond donors (Lipinski definition) is 0. The molecule has 0 bridgehead atoms. The summed E-state index contributed by atoms with van der Waals surface area (Å²) < 4.78 is 1.47. The Kier molecular flexibility index (Phi) is 5.51. The van der Waals surface area contributed by atoms with Gasteiger partial charge in [-0.1, -0.05) is 24.1 Å². The van der Waals surface area contributed by atoms with Crippen LogP contribution in [-0.2, 0) is 0 Å². The number of likely N-dealkylation sites (tertiary alicyclic amines) is 1. The van der Waals surface area contributed by atoms with Crippen molar-refractivity contribution < 1.29 is 9.72 Å². The zero-order valence-electron chi connectivity index (χ0n) is 16.6. The van der Waals surface area contributed by atoms with Gasteiger partial charge < -0.3 is 4.90 Å². The fourth-order valence-electron chi connectivity index (χ4n) is 3.93. The van der Waals surface area contributed by atoms with E-state index >= 15 is 0 Å². The Labute approximate surface area is 173 Å². The van der Waals surface area contributed by atoms with E-state index in [2.05, 4.69) is 15.3 Å². The molecule has 1 amide bonds. The van der Waals surface area contributed by atoms with E-state index in [1.807, 2.05) is 17.0 Å². The number of pyridine rings is 1. The number of aromatic nitrogens is 4. The first-order valence-corrected chi connectivity index (χ1v) is 9.94. The summed E-state index contributed by atoms with van der Waals surface area (Å²) in [6.07, 6.45) is 7.43. The van der Waals surface area contributed by atoms with E-state index < -0.39 is 4.92 Å². The van der Waals surface area contributed by atoms with Crippen LogP contribution in [0.15, 0.2) is 48.8 Å². The number of rotatable bonds is 4. The quantitative estimate of drug-likeness (QED) is 0.484. The van der Waals surface area contributed by atoms with Gasteiger partial charge in [0.05, 0.1) is 22.3 Å². The number of hydrogen-bond acceptors (Lipinski definition) is 6. The molecule has 0 radical (unpaired) electrons. The number of nitrogens with zero attached hydrogens (tertiary/aromatic N) is 6. The molecular weight excluding hydrogens is 384 g/mol. The third-order valence-corrected chi connectivity index (χ3v) is 5.49. The Bertz CT molecular complexity index is 1070. The molecule has 0 aliphatic carbocycles. The third-order valence-electron chi connectivity index (χ3n) is 5.49. The lowest BCUT2D eigenvalue weighted by molar-refractivity contribution is -0.384. The second kappa shape index (κ2) is 8.40. The number of benzene rings is 1. The normalized spacial score (nSPS) is 16.8. The molecule has 1 fully saturated rings. The first kappa shape index (κ1) is 19.7. The molecule has 3 aromatic rings. The maximum absolute atomic E-state index is 13.5. The molecule has 3 heterocycles. The Balaban J connectivity index is 1.67. The molecule has 0 saturated carbocycles. The molecule has 4 rings (SSSR count). The Hall–Kier alpha value is -3.62. The molecule has 1 aliphatic rings. The molecule has 1 aromatic carbocycles. The van der Waals surface area contributed by atoms with Gasteiger partial charge in [-0.3, -0.25) is 19.9 Å². The van der Waals surface area contributed by atoms with Crippen LogP contribution in [0.4, 0.5) is 5.69 Å². The molecule has 1 saturated heterocycles. The Morgan fingerprint density at radius 3 is 2.73 bits per heavy atom. The summed E-state index contributed by atoms with van der Waals surface area (Å²) in [5.41, 5.74) is 2.33. The number of nitro groups is 1. The van der Waals surface area contributed by atoms with E-state index in [1.54, 1.807) is 31.5 Å². The highest BCUT2D eigenvalue weighted by atomic mass is 16.6. The predicted molar refractivity (Wildman–Crippen MR) is 109 cm³/mol. The van der Waals surface area contributed by atoms with E-state index in [-0.39, 0.29) is 23.3 Å². The monoisotopic (exact) mass is 406 g/mol. The molecule has 1 atom stereocenters. The summed E-state index contributed by atoms with van der Waals surface area (Å²) in [5.74, 6) is -0.173. The van der Waals surface area contributed by atoms with Crippen LogP contribution in [0, 0.1) is 17.0 Å². The maximum atomic E-state index is 13.5. The van der Waals surface area contributed by atoms with Crippen molar-refractivity contribution in [3.05, 3.63) is 75.9 Å². The van der Waals surface area contributed by atoms with E-state index in [1.165, 1.54) is 16.8 Å². The van der Waals surface area contributed by atoms with Gasteiger partial charge in [0.2, 0.25) is 0 Å². The van der Waals surface area contributed by atoms with Crippen molar-refractivity contribution in [3.63, 3.8) is 0 Å². The number of non-ortho nitro benzene ring substituents is 1. The average Bonchev–Trinajstić information content (AvgIpc) is 2.98. The van der Waals surface area contributed by atoms with Crippen molar-refractivity contribution in [1.82, 2.24) is 24.9 Å². The van der Waals surface area contributed by atoms with Crippen molar-refractivity contribution in [2.45, 2.75) is 38.6 Å². The summed E-state index contributed by atoms with van der Waals surface area (Å²) in [6, 6.07) is 9.98. The minimum atomic E-state index is -0.460. The molecule has 9 heteroatoms. The molecular formula is C21H22N6O3. The first-order valence-electron chi connectivity index (χ1n) is 9.94. The summed E-state index contributed by atoms with van der Waals surface area (Å²) in [7, 11) is 0. The van der Waals surface area contributed by atoms with Crippen molar-refractivity contribution in [2.24, 2.45) is 0 Å². The van der Waals surface area contributed by atoms with Crippen molar-refractivity contribution >= 4 is 11.6 Å². The van der Waals surface area contributed by atoms with Crippen LogP contribution < -0.4 is 0 Å². The van der Waals surface area contributed by atoms with Crippen LogP contribution in [0.3, 0.4) is 0 Å². The van der Waals surface area contributed by atoms with Crippen LogP contribution in [0.25, 0.3) is 5.69 Å². The van der Waals surface area contributed by atoms with Crippen LogP contribution in [0.5, 0.6) is 0 Å². The molecule has 154 valence electrons. The SMILES string of the molecule is Cc1c(C(=O)N2CCCCCC2c2ccncc2)nnn1-c1cccc([N+](=O)[O-])c1. The zero-order chi connectivity index (χ0) is 21.1. The number of nitro benzene ring substituents is 1. The standard InChI is InChI=1S/C21H22N6O3/c1-15-20(23-24-26(15)17-6-5-7-18(14-17)27(29)30)21(28)25-13-4-2-3-8-19(25)16-9-11-22-12-10-16/h5-7,9-12,14,19H,2-4,8,13H2,1H3. The smallest absolute Gasteiger partial charge is 0.276 e. The predicted octanol–water partition coefficient (Wildman–Crippen LogP) is 3.64. The molecule has 0 spiro atoms. The van der Waals surface area contributed by atoms with E-state index in [9.17, 15) is 14.9 Å². The van der Waals surface area contributed by atoms with Crippen molar-refractivity contribution in [2.75, 3.05) is 6.54 Å². The fourth-order valence-corrected chi connectivity index (χ4v) is 3.93. The molecule has 1 aliphatic heterocycles. The van der Waals surface area contributed by atoms with Gasteiger partial charge in [-0.25, -0.2) is 4.68 Å². The van der Waals surface area contributed by atoms with Crippen LogP contribution in [-0.4, -0.2) is 42.3 Å². The highest BCUT2D eigenvalue weighted by Crippen LogP contribution is 2.31. The van der Waals surface area contributed by atoms with Gasteiger partial charge in [0.1, 0.15) is 0 Å². The Morgan fingerprint density at radius 1 is 1.17 bits per heavy atom. The van der Waals surface area contributed by atoms with E-state index in [0.717, 1.165) is 31.2 Å². The Morgan fingerprint density at radius 2 is 1.97 bits per heavy atom. The van der Waals surface area contributed by atoms with Gasteiger partial charge in [0.15, 0.2) is 5.69 Å². The van der Waals surface area contributed by atoms with Gasteiger partial charge in [0.25, 0.3) is 11.6 Å². The highest BCUT2D eigenvalue weighted by Gasteiger charge is 2.30. The zero-order valence-corrected chi connectivity index (χ0v) is 16.6. The lowest BCUT2D eigenvalue weighted by Crippen LogP contribution is -2.35. The van der Waals surface area contributed by atoms with Crippen LogP contribution in [0.1, 0.15) is 53.5 Å². The van der Waals surface area contributed by atoms with Gasteiger partial charge in [-0.05, 0) is 43.5 Å². The summed E-state index contributed by atoms with van der Waals surface area (Å²) in [6.45, 7) is 2.40. The second-order valence-electron chi connectivity index (χ2n) is 7.36. The number of amides is 1.